The lowest BCUT2D eigenvalue weighted by Crippen LogP contribution is -2.65. The highest BCUT2D eigenvalue weighted by Crippen LogP contribution is 2.40. The molecule has 0 aromatic heterocycles. The van der Waals surface area contributed by atoms with E-state index in [1.807, 2.05) is 31.2 Å². The minimum Gasteiger partial charge on any atom is -0.496 e. The number of hydrogen-bond donors (Lipinski definition) is 4. The largest absolute Gasteiger partial charge is 0.496 e. The van der Waals surface area contributed by atoms with Gasteiger partial charge in [0.25, 0.3) is 0 Å². The molecule has 1 heterocycles. The van der Waals surface area contributed by atoms with Gasteiger partial charge in [0.05, 0.1) is 19.3 Å². The molecule has 2 aromatic carbocycles. The summed E-state index contributed by atoms with van der Waals surface area (Å²) in [6, 6.07) is 12.0. The molecule has 0 bridgehead atoms. The van der Waals surface area contributed by atoms with Crippen molar-refractivity contribution in [3.8, 4) is 22.6 Å². The minimum absolute atomic E-state index is 0.403. The Balaban J connectivity index is 2.01. The predicted molar refractivity (Wildman–Crippen MR) is 109 cm³/mol. The van der Waals surface area contributed by atoms with Gasteiger partial charge >= 0.3 is 0 Å². The third-order valence-corrected chi connectivity index (χ3v) is 5.01. The molecular weight excluding hydrogens is 390 g/mol. The number of methoxy groups -OCH3 is 1. The minimum atomic E-state index is -1.39. The van der Waals surface area contributed by atoms with Crippen molar-refractivity contribution in [3.63, 3.8) is 0 Å². The standard InChI is InChI=1S/C22H27NO7/c1-12-6-4-7-14(10-12)18-15(28-3)8-5-9-16(18)29-22-19(23-13(2)25)21(27)20(26)17(11-24)30-22/h4-10,17,19-22,24,26-27H,11H2,1-3H3,(H,23,25)/t17?,19?,20-,21+,22+/m0/s1. The number of aliphatic hydroxyl groups excluding tert-OH is 3. The molecule has 0 saturated carbocycles. The number of nitrogens with one attached hydrogen (secondary N) is 1. The van der Waals surface area contributed by atoms with Crippen molar-refractivity contribution in [2.45, 2.75) is 44.5 Å². The van der Waals surface area contributed by atoms with Crippen LogP contribution in [0, 0.1) is 6.92 Å². The van der Waals surface area contributed by atoms with Crippen molar-refractivity contribution in [1.82, 2.24) is 5.32 Å². The lowest BCUT2D eigenvalue weighted by atomic mass is 9.96. The molecule has 2 unspecified atom stereocenters. The Hall–Kier alpha value is -2.65. The number of ether oxygens (including phenoxy) is 3. The summed E-state index contributed by atoms with van der Waals surface area (Å²) in [6.45, 7) is 2.74. The zero-order valence-corrected chi connectivity index (χ0v) is 17.1. The van der Waals surface area contributed by atoms with E-state index in [1.165, 1.54) is 6.92 Å². The number of aryl methyl sites for hydroxylation is 1. The number of carbonyl (C=O) groups excluding carboxylic acids is 1. The highest BCUT2D eigenvalue weighted by Gasteiger charge is 2.46. The first kappa shape index (κ1) is 22.0. The van der Waals surface area contributed by atoms with Crippen molar-refractivity contribution in [2.24, 2.45) is 0 Å². The van der Waals surface area contributed by atoms with Crippen molar-refractivity contribution in [3.05, 3.63) is 48.0 Å². The van der Waals surface area contributed by atoms with Crippen molar-refractivity contribution < 1.29 is 34.3 Å². The van der Waals surface area contributed by atoms with Gasteiger partial charge in [-0.1, -0.05) is 35.9 Å². The molecule has 1 saturated heterocycles. The summed E-state index contributed by atoms with van der Waals surface area (Å²) >= 11 is 0. The third kappa shape index (κ3) is 4.57. The van der Waals surface area contributed by atoms with Crippen LogP contribution in [0.1, 0.15) is 12.5 Å². The van der Waals surface area contributed by atoms with Gasteiger partial charge < -0.3 is 34.8 Å². The number of carbonyl (C=O) groups is 1. The van der Waals surface area contributed by atoms with Crippen LogP contribution in [0.25, 0.3) is 11.1 Å². The molecule has 30 heavy (non-hydrogen) atoms. The van der Waals surface area contributed by atoms with Gasteiger partial charge in [-0.25, -0.2) is 0 Å². The molecule has 5 atom stereocenters. The summed E-state index contributed by atoms with van der Waals surface area (Å²) < 4.78 is 17.3. The first-order valence-electron chi connectivity index (χ1n) is 9.66. The fraction of sp³-hybridized carbons (Fsp3) is 0.409. The molecule has 8 nitrogen and oxygen atoms in total. The molecule has 0 radical (unpaired) electrons. The van der Waals surface area contributed by atoms with E-state index in [0.717, 1.165) is 11.1 Å². The summed E-state index contributed by atoms with van der Waals surface area (Å²) in [5, 5.41) is 32.8. The second-order valence-electron chi connectivity index (χ2n) is 7.25. The van der Waals surface area contributed by atoms with Gasteiger partial charge in [0.1, 0.15) is 35.9 Å². The Bertz CT molecular complexity index is 888. The van der Waals surface area contributed by atoms with Crippen LogP contribution in [0.15, 0.2) is 42.5 Å². The molecule has 4 N–H and O–H groups in total. The SMILES string of the molecule is COc1cccc(O[C@@H]2OC(CO)[C@H](O)[C@H](O)C2NC(C)=O)c1-c1cccc(C)c1. The van der Waals surface area contributed by atoms with E-state index in [-0.39, 0.29) is 0 Å². The van der Waals surface area contributed by atoms with Crippen LogP contribution in [0.4, 0.5) is 0 Å². The average Bonchev–Trinajstić information content (AvgIpc) is 2.72. The zero-order chi connectivity index (χ0) is 21.8. The van der Waals surface area contributed by atoms with Gasteiger partial charge in [-0.3, -0.25) is 4.79 Å². The molecule has 0 spiro atoms. The Kier molecular flexibility index (Phi) is 6.94. The van der Waals surface area contributed by atoms with Gasteiger partial charge in [0.15, 0.2) is 0 Å². The maximum Gasteiger partial charge on any atom is 0.223 e. The van der Waals surface area contributed by atoms with E-state index in [0.29, 0.717) is 17.1 Å². The maximum absolute atomic E-state index is 11.7. The fourth-order valence-corrected chi connectivity index (χ4v) is 3.56. The van der Waals surface area contributed by atoms with Gasteiger partial charge in [0.2, 0.25) is 12.2 Å². The molecule has 2 aromatic rings. The van der Waals surface area contributed by atoms with Crippen molar-refractivity contribution in [2.75, 3.05) is 13.7 Å². The highest BCUT2D eigenvalue weighted by atomic mass is 16.7. The number of benzene rings is 2. The second-order valence-corrected chi connectivity index (χ2v) is 7.25. The van der Waals surface area contributed by atoms with Crippen LogP contribution in [-0.4, -0.2) is 65.6 Å². The van der Waals surface area contributed by atoms with E-state index < -0.39 is 43.2 Å². The highest BCUT2D eigenvalue weighted by molar-refractivity contribution is 5.77. The first-order chi connectivity index (χ1) is 14.3. The third-order valence-electron chi connectivity index (χ3n) is 5.01. The van der Waals surface area contributed by atoms with Crippen LogP contribution in [-0.2, 0) is 9.53 Å². The normalized spacial score (nSPS) is 26.1. The van der Waals surface area contributed by atoms with Crippen LogP contribution in [0.3, 0.4) is 0 Å². The molecule has 8 heteroatoms. The van der Waals surface area contributed by atoms with E-state index >= 15 is 0 Å². The lowest BCUT2D eigenvalue weighted by Gasteiger charge is -2.42. The van der Waals surface area contributed by atoms with Gasteiger partial charge in [-0.15, -0.1) is 0 Å². The molecule has 1 amide bonds. The summed E-state index contributed by atoms with van der Waals surface area (Å²) in [7, 11) is 1.55. The summed E-state index contributed by atoms with van der Waals surface area (Å²) in [5.74, 6) is 0.556. The smallest absolute Gasteiger partial charge is 0.223 e. The van der Waals surface area contributed by atoms with Crippen LogP contribution >= 0.6 is 0 Å². The Morgan fingerprint density at radius 1 is 1.13 bits per heavy atom. The maximum atomic E-state index is 11.7. The number of amides is 1. The topological polar surface area (TPSA) is 117 Å². The van der Waals surface area contributed by atoms with Gasteiger partial charge in [-0.2, -0.15) is 0 Å². The Morgan fingerprint density at radius 2 is 1.83 bits per heavy atom. The summed E-state index contributed by atoms with van der Waals surface area (Å²) in [4.78, 5) is 11.7. The summed E-state index contributed by atoms with van der Waals surface area (Å²) in [6.07, 6.45) is -4.99. The Morgan fingerprint density at radius 3 is 2.47 bits per heavy atom. The number of aliphatic hydroxyl groups is 3. The molecule has 162 valence electrons. The number of rotatable bonds is 6. The predicted octanol–water partition coefficient (Wildman–Crippen LogP) is 0.993. The molecule has 1 fully saturated rings. The second kappa shape index (κ2) is 9.44. The molecule has 3 rings (SSSR count). The van der Waals surface area contributed by atoms with E-state index in [2.05, 4.69) is 5.32 Å². The van der Waals surface area contributed by atoms with E-state index in [9.17, 15) is 20.1 Å². The van der Waals surface area contributed by atoms with Crippen LogP contribution in [0.5, 0.6) is 11.5 Å². The van der Waals surface area contributed by atoms with Crippen LogP contribution in [0.2, 0.25) is 0 Å². The van der Waals surface area contributed by atoms with Crippen molar-refractivity contribution in [1.29, 1.82) is 0 Å². The molecule has 0 aliphatic carbocycles. The van der Waals surface area contributed by atoms with Crippen molar-refractivity contribution >= 4 is 5.91 Å². The van der Waals surface area contributed by atoms with Crippen LogP contribution < -0.4 is 14.8 Å². The van der Waals surface area contributed by atoms with E-state index in [4.69, 9.17) is 14.2 Å². The zero-order valence-electron chi connectivity index (χ0n) is 17.1. The fourth-order valence-electron chi connectivity index (χ4n) is 3.56. The monoisotopic (exact) mass is 417 g/mol. The van der Waals surface area contributed by atoms with Gasteiger partial charge in [0, 0.05) is 6.92 Å². The quantitative estimate of drug-likeness (QED) is 0.554. The molecular formula is C22H27NO7. The summed E-state index contributed by atoms with van der Waals surface area (Å²) in [5.41, 5.74) is 2.58. The Labute approximate surface area is 175 Å². The average molecular weight is 417 g/mol. The number of hydrogen-bond acceptors (Lipinski definition) is 7. The first-order valence-corrected chi connectivity index (χ1v) is 9.66. The lowest BCUT2D eigenvalue weighted by molar-refractivity contribution is -0.244. The van der Waals surface area contributed by atoms with E-state index in [1.54, 1.807) is 25.3 Å². The molecule has 1 aliphatic rings. The molecule has 1 aliphatic heterocycles. The van der Waals surface area contributed by atoms with Gasteiger partial charge in [-0.05, 0) is 24.6 Å².